The average Bonchev–Trinajstić information content (AvgIpc) is 3.17. The Morgan fingerprint density at radius 1 is 0.560 bits per heavy atom. The highest BCUT2D eigenvalue weighted by Crippen LogP contribution is 2.34. The molecule has 0 atom stereocenters. The van der Waals surface area contributed by atoms with E-state index in [0.717, 1.165) is 72.9 Å². The molecule has 0 radical (unpaired) electrons. The molecule has 0 fully saturated rings. The molecule has 0 unspecified atom stereocenters. The molecule has 0 aliphatic rings. The Bertz CT molecular complexity index is 2240. The number of allylic oxidation sites excluding steroid dienone is 6. The molecule has 0 N–H and O–H groups in total. The predicted molar refractivity (Wildman–Crippen MR) is 210 cm³/mol. The fourth-order valence-corrected chi connectivity index (χ4v) is 5.64. The summed E-state index contributed by atoms with van der Waals surface area (Å²) < 4.78 is 0. The minimum atomic E-state index is 0.618. The van der Waals surface area contributed by atoms with E-state index in [-0.39, 0.29) is 0 Å². The Labute approximate surface area is 295 Å². The van der Waals surface area contributed by atoms with E-state index in [1.807, 2.05) is 114 Å². The summed E-state index contributed by atoms with van der Waals surface area (Å²) in [6.07, 6.45) is 8.05. The largest absolute Gasteiger partial charge is 0.258 e. The maximum absolute atomic E-state index is 5.04. The van der Waals surface area contributed by atoms with Crippen LogP contribution in [0.2, 0.25) is 0 Å². The normalized spacial score (nSPS) is 12.5. The molecular weight excluding hydrogens is 611 g/mol. The molecule has 6 aromatic rings. The van der Waals surface area contributed by atoms with Crippen LogP contribution in [0.4, 0.5) is 0 Å². The van der Waals surface area contributed by atoms with E-state index in [9.17, 15) is 0 Å². The highest BCUT2D eigenvalue weighted by Gasteiger charge is 2.15. The molecule has 6 rings (SSSR count). The second-order valence-corrected chi connectivity index (χ2v) is 12.3. The Morgan fingerprint density at radius 2 is 1.16 bits per heavy atom. The first kappa shape index (κ1) is 33.8. The van der Waals surface area contributed by atoms with Crippen molar-refractivity contribution in [2.75, 3.05) is 0 Å². The maximum atomic E-state index is 5.04. The number of hydrogen-bond acceptors (Lipinski definition) is 5. The third-order valence-corrected chi connectivity index (χ3v) is 8.55. The van der Waals surface area contributed by atoms with E-state index in [2.05, 4.69) is 66.7 Å². The first-order valence-corrected chi connectivity index (χ1v) is 16.9. The lowest BCUT2D eigenvalue weighted by atomic mass is 9.94. The summed E-state index contributed by atoms with van der Waals surface area (Å²) in [5.41, 5.74) is 13.2. The maximum Gasteiger partial charge on any atom is 0.164 e. The zero-order chi connectivity index (χ0) is 35.0. The molecular formula is C45H41N5. The van der Waals surface area contributed by atoms with Crippen molar-refractivity contribution in [3.8, 4) is 56.3 Å². The van der Waals surface area contributed by atoms with Crippen LogP contribution in [0.3, 0.4) is 0 Å². The average molecular weight is 652 g/mol. The summed E-state index contributed by atoms with van der Waals surface area (Å²) in [5, 5.41) is 0. The highest BCUT2D eigenvalue weighted by atomic mass is 15.0. The minimum Gasteiger partial charge on any atom is -0.258 e. The topological polar surface area (TPSA) is 63.9 Å². The fourth-order valence-electron chi connectivity index (χ4n) is 5.64. The minimum absolute atomic E-state index is 0.618. The number of rotatable bonds is 9. The van der Waals surface area contributed by atoms with Gasteiger partial charge in [-0.1, -0.05) is 109 Å². The lowest BCUT2D eigenvalue weighted by Gasteiger charge is -2.13. The number of aryl methyl sites for hydroxylation is 1. The summed E-state index contributed by atoms with van der Waals surface area (Å²) >= 11 is 0. The Hall–Kier alpha value is -6.07. The summed E-state index contributed by atoms with van der Waals surface area (Å²) in [5.74, 6) is 1.90. The van der Waals surface area contributed by atoms with Crippen molar-refractivity contribution < 1.29 is 0 Å². The fraction of sp³-hybridized carbons (Fsp3) is 0.133. The lowest BCUT2D eigenvalue weighted by molar-refractivity contribution is 1.03. The Morgan fingerprint density at radius 3 is 1.78 bits per heavy atom. The molecule has 0 aliphatic carbocycles. The molecule has 0 saturated heterocycles. The summed E-state index contributed by atoms with van der Waals surface area (Å²) in [7, 11) is 0. The van der Waals surface area contributed by atoms with Crippen LogP contribution < -0.4 is 0 Å². The molecule has 0 amide bonds. The third-order valence-electron chi connectivity index (χ3n) is 8.55. The molecule has 0 saturated carbocycles. The van der Waals surface area contributed by atoms with Gasteiger partial charge in [0.15, 0.2) is 17.5 Å². The summed E-state index contributed by atoms with van der Waals surface area (Å²) in [4.78, 5) is 24.4. The van der Waals surface area contributed by atoms with Crippen molar-refractivity contribution in [1.82, 2.24) is 19.9 Å². The standard InChI is InChI=1S/C45H41N5/c1-7-9-14-30(3)43-48-44(38-16-11-10-12-17-38)50-45(49-43)41-28-39(35-21-19-34(20-22-35)33(6)46-31(4)8-2)27-40(29-41)36-23-25-37(26-24-36)42-18-13-15-32(5)47-42/h7-29H,1-6H3/b9-7-,30-14+,31-8-,46-33+. The third kappa shape index (κ3) is 7.96. The van der Waals surface area contributed by atoms with Crippen molar-refractivity contribution >= 4 is 11.3 Å². The van der Waals surface area contributed by atoms with Crippen LogP contribution in [0.15, 0.2) is 150 Å². The molecule has 2 heterocycles. The molecule has 0 aliphatic heterocycles. The van der Waals surface area contributed by atoms with Crippen LogP contribution >= 0.6 is 0 Å². The monoisotopic (exact) mass is 651 g/mol. The number of benzene rings is 4. The van der Waals surface area contributed by atoms with E-state index in [0.29, 0.717) is 17.5 Å². The van der Waals surface area contributed by atoms with Gasteiger partial charge >= 0.3 is 0 Å². The van der Waals surface area contributed by atoms with Gasteiger partial charge in [-0.05, 0) is 105 Å². The zero-order valence-corrected chi connectivity index (χ0v) is 29.5. The van der Waals surface area contributed by atoms with Gasteiger partial charge in [-0.3, -0.25) is 9.98 Å². The van der Waals surface area contributed by atoms with Crippen molar-refractivity contribution in [2.45, 2.75) is 41.5 Å². The van der Waals surface area contributed by atoms with E-state index in [1.54, 1.807) is 0 Å². The SMILES string of the molecule is C/C=C\C=C(/C)c1nc(-c2ccccc2)nc(-c2cc(-c3ccc(/C(C)=N/C(C)=C\C)cc3)cc(-c3ccc(-c4cccc(C)n4)cc3)c2)n1. The van der Waals surface area contributed by atoms with Crippen LogP contribution in [0, 0.1) is 6.92 Å². The number of aliphatic imine (C=N–C) groups is 1. The van der Waals surface area contributed by atoms with Gasteiger partial charge in [0, 0.05) is 33.8 Å². The summed E-state index contributed by atoms with van der Waals surface area (Å²) in [6.45, 7) is 12.1. The van der Waals surface area contributed by atoms with Gasteiger partial charge in [0.05, 0.1) is 5.69 Å². The van der Waals surface area contributed by atoms with E-state index in [1.165, 1.54) is 0 Å². The van der Waals surface area contributed by atoms with Crippen LogP contribution in [-0.4, -0.2) is 25.6 Å². The van der Waals surface area contributed by atoms with E-state index in [4.69, 9.17) is 24.9 Å². The van der Waals surface area contributed by atoms with Crippen LogP contribution in [0.5, 0.6) is 0 Å². The quantitative estimate of drug-likeness (QED) is 0.115. The van der Waals surface area contributed by atoms with Gasteiger partial charge < -0.3 is 0 Å². The first-order valence-electron chi connectivity index (χ1n) is 16.9. The Kier molecular flexibility index (Phi) is 10.4. The van der Waals surface area contributed by atoms with Gasteiger partial charge in [-0.25, -0.2) is 15.0 Å². The van der Waals surface area contributed by atoms with Crippen LogP contribution in [0.1, 0.15) is 51.7 Å². The van der Waals surface area contributed by atoms with E-state index >= 15 is 0 Å². The second kappa shape index (κ2) is 15.4. The molecule has 0 spiro atoms. The molecule has 4 aromatic carbocycles. The molecule has 0 bridgehead atoms. The first-order chi connectivity index (χ1) is 24.3. The zero-order valence-electron chi connectivity index (χ0n) is 29.5. The van der Waals surface area contributed by atoms with Gasteiger partial charge in [-0.2, -0.15) is 0 Å². The molecule has 246 valence electrons. The van der Waals surface area contributed by atoms with Gasteiger partial charge in [0.25, 0.3) is 0 Å². The number of nitrogens with zero attached hydrogens (tertiary/aromatic N) is 5. The van der Waals surface area contributed by atoms with Crippen molar-refractivity contribution in [3.63, 3.8) is 0 Å². The van der Waals surface area contributed by atoms with Gasteiger partial charge in [0.2, 0.25) is 0 Å². The number of hydrogen-bond donors (Lipinski definition) is 0. The lowest BCUT2D eigenvalue weighted by Crippen LogP contribution is -2.02. The summed E-state index contributed by atoms with van der Waals surface area (Å²) in [6, 6.07) is 40.0. The molecule has 5 nitrogen and oxygen atoms in total. The molecule has 50 heavy (non-hydrogen) atoms. The number of pyridine rings is 1. The van der Waals surface area contributed by atoms with Crippen LogP contribution in [0.25, 0.3) is 61.9 Å². The van der Waals surface area contributed by atoms with Crippen molar-refractivity contribution in [3.05, 3.63) is 162 Å². The second-order valence-electron chi connectivity index (χ2n) is 12.3. The van der Waals surface area contributed by atoms with Gasteiger partial charge in [-0.15, -0.1) is 0 Å². The molecule has 5 heteroatoms. The van der Waals surface area contributed by atoms with Crippen molar-refractivity contribution in [2.24, 2.45) is 4.99 Å². The predicted octanol–water partition coefficient (Wildman–Crippen LogP) is 11.6. The Balaban J connectivity index is 1.51. The van der Waals surface area contributed by atoms with Crippen molar-refractivity contribution in [1.29, 1.82) is 0 Å². The highest BCUT2D eigenvalue weighted by molar-refractivity contribution is 5.99. The molecule has 2 aromatic heterocycles. The van der Waals surface area contributed by atoms with Gasteiger partial charge in [0.1, 0.15) is 0 Å². The van der Waals surface area contributed by atoms with E-state index < -0.39 is 0 Å². The number of aromatic nitrogens is 4. The van der Waals surface area contributed by atoms with Crippen LogP contribution in [-0.2, 0) is 0 Å². The smallest absolute Gasteiger partial charge is 0.164 e.